The minimum atomic E-state index is -0.0351. The topological polar surface area (TPSA) is 32.3 Å². The summed E-state index contributed by atoms with van der Waals surface area (Å²) in [5.74, 6) is 1.75. The highest BCUT2D eigenvalue weighted by Crippen LogP contribution is 2.49. The number of benzene rings is 11. The average Bonchev–Trinajstić information content (AvgIpc) is 0.696. The lowest BCUT2D eigenvalue weighted by Gasteiger charge is -2.45. The summed E-state index contributed by atoms with van der Waals surface area (Å²) in [6.45, 7) is 13.9. The zero-order valence-electron chi connectivity index (χ0n) is 55.9. The van der Waals surface area contributed by atoms with Crippen LogP contribution in [-0.4, -0.2) is 16.7 Å². The number of hydrogen-bond acceptors (Lipinski definition) is 4. The molecule has 2 fully saturated rings. The Morgan fingerprint density at radius 2 is 0.642 bits per heavy atom. The first-order valence-corrected chi connectivity index (χ1v) is 35.0. The Balaban J connectivity index is 1.00. The molecule has 4 aliphatic rings. The lowest BCUT2D eigenvalue weighted by atomic mass is 9.33. The molecule has 0 radical (unpaired) electrons. The predicted molar refractivity (Wildman–Crippen MR) is 403 cm³/mol. The quantitative estimate of drug-likeness (QED) is 0.121. The Labute approximate surface area is 563 Å². The van der Waals surface area contributed by atoms with Gasteiger partial charge in [-0.1, -0.05) is 250 Å². The molecule has 0 N–H and O–H groups in total. The molecule has 12 aromatic rings. The van der Waals surface area contributed by atoms with E-state index in [1.165, 1.54) is 126 Å². The number of hydrogen-bond donors (Lipinski definition) is 0. The maximum atomic E-state index is 5.93. The SMILES string of the molecule is CC(C)(C)c1ccc(N2c3ccc(C4CCCCC4)cc3B3c4cc(C5CCCCC5)ccc4N(c4ccc(C(C)(C)C)cc4)c4cc(-c5cc(-c6cc(-c7ccccc7)cc(-c7ccccc7)c6)nc(-c6cc(-c7ccccc7)cc(-c7ccccc7)c6)n5)cc2c43)cc1. The summed E-state index contributed by atoms with van der Waals surface area (Å²) in [4.78, 5) is 17.0. The molecule has 3 heterocycles. The zero-order chi connectivity index (χ0) is 64.4. The van der Waals surface area contributed by atoms with Gasteiger partial charge in [-0.05, 0) is 222 Å². The second kappa shape index (κ2) is 24.8. The molecule has 2 aliphatic heterocycles. The van der Waals surface area contributed by atoms with Gasteiger partial charge in [-0.3, -0.25) is 0 Å². The predicted octanol–water partition coefficient (Wildman–Crippen LogP) is 22.9. The van der Waals surface area contributed by atoms with Crippen LogP contribution in [0.25, 0.3) is 78.4 Å². The van der Waals surface area contributed by atoms with Crippen LogP contribution in [0.3, 0.4) is 0 Å². The van der Waals surface area contributed by atoms with Crippen LogP contribution >= 0.6 is 0 Å². The largest absolute Gasteiger partial charge is 0.311 e. The monoisotopic (exact) mass is 1230 g/mol. The van der Waals surface area contributed by atoms with Crippen LogP contribution < -0.4 is 26.2 Å². The molecule has 16 rings (SSSR count). The molecular weight excluding hydrogens is 1150 g/mol. The highest BCUT2D eigenvalue weighted by atomic mass is 15.2. The van der Waals surface area contributed by atoms with E-state index in [1.54, 1.807) is 0 Å². The molecule has 0 spiro atoms. The van der Waals surface area contributed by atoms with E-state index in [9.17, 15) is 0 Å². The second-order valence-corrected chi connectivity index (χ2v) is 29.5. The van der Waals surface area contributed by atoms with Crippen molar-refractivity contribution in [3.8, 4) is 78.4 Å². The van der Waals surface area contributed by atoms with Gasteiger partial charge in [-0.15, -0.1) is 0 Å². The maximum absolute atomic E-state index is 5.93. The van der Waals surface area contributed by atoms with Gasteiger partial charge in [0.2, 0.25) is 0 Å². The van der Waals surface area contributed by atoms with Gasteiger partial charge in [0.25, 0.3) is 6.71 Å². The van der Waals surface area contributed by atoms with Crippen LogP contribution in [0.1, 0.15) is 140 Å². The Morgan fingerprint density at radius 1 is 0.305 bits per heavy atom. The normalized spacial score (nSPS) is 14.9. The maximum Gasteiger partial charge on any atom is 0.252 e. The van der Waals surface area contributed by atoms with E-state index in [-0.39, 0.29) is 17.5 Å². The van der Waals surface area contributed by atoms with Crippen LogP contribution in [0, 0.1) is 0 Å². The Hall–Kier alpha value is -9.84. The van der Waals surface area contributed by atoms with Crippen molar-refractivity contribution in [3.63, 3.8) is 0 Å². The number of nitrogens with zero attached hydrogens (tertiary/aromatic N) is 4. The number of anilines is 6. The van der Waals surface area contributed by atoms with Gasteiger partial charge >= 0.3 is 0 Å². The first-order chi connectivity index (χ1) is 46.3. The molecule has 95 heavy (non-hydrogen) atoms. The summed E-state index contributed by atoms with van der Waals surface area (Å²) in [5, 5.41) is 0. The van der Waals surface area contributed by atoms with Crippen LogP contribution in [0.4, 0.5) is 34.1 Å². The van der Waals surface area contributed by atoms with Crippen LogP contribution in [0.2, 0.25) is 0 Å². The average molecular weight is 1230 g/mol. The van der Waals surface area contributed by atoms with Crippen molar-refractivity contribution in [2.45, 2.75) is 128 Å². The smallest absolute Gasteiger partial charge is 0.252 e. The molecule has 0 amide bonds. The van der Waals surface area contributed by atoms with E-state index in [1.807, 2.05) is 0 Å². The molecular formula is C90H83BN4. The van der Waals surface area contributed by atoms with Crippen LogP contribution in [-0.2, 0) is 10.8 Å². The van der Waals surface area contributed by atoms with E-state index in [2.05, 4.69) is 312 Å². The van der Waals surface area contributed by atoms with Gasteiger partial charge in [-0.2, -0.15) is 0 Å². The van der Waals surface area contributed by atoms with Crippen molar-refractivity contribution < 1.29 is 0 Å². The second-order valence-electron chi connectivity index (χ2n) is 29.5. The molecule has 4 nitrogen and oxygen atoms in total. The third-order valence-corrected chi connectivity index (χ3v) is 21.1. The number of fused-ring (bicyclic) bond motifs is 4. The summed E-state index contributed by atoms with van der Waals surface area (Å²) < 4.78 is 0. The van der Waals surface area contributed by atoms with Crippen molar-refractivity contribution in [3.05, 3.63) is 283 Å². The molecule has 11 aromatic carbocycles. The van der Waals surface area contributed by atoms with Crippen molar-refractivity contribution in [1.29, 1.82) is 0 Å². The van der Waals surface area contributed by atoms with Gasteiger partial charge in [0.15, 0.2) is 5.82 Å². The zero-order valence-corrected chi connectivity index (χ0v) is 55.9. The van der Waals surface area contributed by atoms with Crippen molar-refractivity contribution in [1.82, 2.24) is 9.97 Å². The third-order valence-electron chi connectivity index (χ3n) is 21.1. The lowest BCUT2D eigenvalue weighted by molar-refractivity contribution is 0.444. The van der Waals surface area contributed by atoms with Gasteiger partial charge in [0, 0.05) is 50.8 Å². The van der Waals surface area contributed by atoms with E-state index >= 15 is 0 Å². The van der Waals surface area contributed by atoms with E-state index in [0.29, 0.717) is 17.7 Å². The molecule has 2 aliphatic carbocycles. The summed E-state index contributed by atoms with van der Waals surface area (Å²) >= 11 is 0. The lowest BCUT2D eigenvalue weighted by Crippen LogP contribution is -2.61. The number of rotatable bonds is 11. The minimum absolute atomic E-state index is 0.0203. The van der Waals surface area contributed by atoms with Gasteiger partial charge in [-0.25, -0.2) is 9.97 Å². The Bertz CT molecular complexity index is 4370. The molecule has 0 unspecified atom stereocenters. The van der Waals surface area contributed by atoms with Crippen molar-refractivity contribution in [2.75, 3.05) is 9.80 Å². The van der Waals surface area contributed by atoms with Crippen molar-refractivity contribution >= 4 is 57.2 Å². The van der Waals surface area contributed by atoms with Gasteiger partial charge in [0.1, 0.15) is 0 Å². The molecule has 2 saturated carbocycles. The number of aromatic nitrogens is 2. The highest BCUT2D eigenvalue weighted by molar-refractivity contribution is 7.00. The van der Waals surface area contributed by atoms with E-state index in [4.69, 9.17) is 9.97 Å². The Kier molecular flexibility index (Phi) is 15.7. The van der Waals surface area contributed by atoms with Crippen LogP contribution in [0.15, 0.2) is 261 Å². The molecule has 0 atom stereocenters. The molecule has 0 bridgehead atoms. The van der Waals surface area contributed by atoms with Crippen LogP contribution in [0.5, 0.6) is 0 Å². The van der Waals surface area contributed by atoms with Gasteiger partial charge < -0.3 is 9.80 Å². The fourth-order valence-electron chi connectivity index (χ4n) is 15.9. The first kappa shape index (κ1) is 60.1. The summed E-state index contributed by atoms with van der Waals surface area (Å²) in [6.07, 6.45) is 12.8. The summed E-state index contributed by atoms with van der Waals surface area (Å²) in [6, 6.07) is 98.6. The minimum Gasteiger partial charge on any atom is -0.311 e. The van der Waals surface area contributed by atoms with E-state index in [0.717, 1.165) is 84.0 Å². The van der Waals surface area contributed by atoms with E-state index < -0.39 is 0 Å². The fraction of sp³-hybridized carbons (Fsp3) is 0.222. The first-order valence-electron chi connectivity index (χ1n) is 35.0. The standard InChI is InChI=1S/C90H83BN4/c1-89(2,3)75-39-43-77(44-40-75)94-83-47-37-66(60-25-13-7-14-26-60)55-79(83)91-80-56-67(61-27-15-8-16-28-61)38-48-84(80)95(78-45-41-76(42-46-78)90(4,5)6)86-58-73(57-85(94)87(86)91)82-59-81(72-51-68(62-29-17-9-18-30-62)49-69(52-72)63-31-19-10-20-32-63)92-88(93-82)74-53-70(64-33-21-11-22-34-64)50-71(54-74)65-35-23-12-24-36-65/h9-12,17-24,29-61H,7-8,13-16,25-28H2,1-6H3. The summed E-state index contributed by atoms with van der Waals surface area (Å²) in [7, 11) is 0. The molecule has 0 saturated heterocycles. The highest BCUT2D eigenvalue weighted by Gasteiger charge is 2.45. The Morgan fingerprint density at radius 3 is 1.00 bits per heavy atom. The fourth-order valence-corrected chi connectivity index (χ4v) is 15.9. The summed E-state index contributed by atoms with van der Waals surface area (Å²) in [5.41, 5.74) is 30.5. The third kappa shape index (κ3) is 11.7. The molecule has 1 aromatic heterocycles. The molecule has 5 heteroatoms. The molecule has 466 valence electrons. The van der Waals surface area contributed by atoms with Gasteiger partial charge in [0.05, 0.1) is 11.4 Å². The van der Waals surface area contributed by atoms with Crippen molar-refractivity contribution in [2.24, 2.45) is 0 Å².